The van der Waals surface area contributed by atoms with Gasteiger partial charge in [-0.2, -0.15) is 0 Å². The molecule has 12 heavy (non-hydrogen) atoms. The summed E-state index contributed by atoms with van der Waals surface area (Å²) >= 11 is 0. The van der Waals surface area contributed by atoms with Crippen molar-refractivity contribution in [2.24, 2.45) is 0 Å². The highest BCUT2D eigenvalue weighted by Crippen LogP contribution is 2.27. The lowest BCUT2D eigenvalue weighted by Gasteiger charge is -2.17. The van der Waals surface area contributed by atoms with Crippen molar-refractivity contribution in [1.82, 2.24) is 4.90 Å². The third-order valence-corrected chi connectivity index (χ3v) is 2.51. The van der Waals surface area contributed by atoms with Crippen LogP contribution in [0.15, 0.2) is 11.3 Å². The summed E-state index contributed by atoms with van der Waals surface area (Å²) in [7, 11) is 0. The topological polar surface area (TPSA) is 20.3 Å². The molecule has 0 N–H and O–H groups in total. The van der Waals surface area contributed by atoms with Gasteiger partial charge >= 0.3 is 0 Å². The summed E-state index contributed by atoms with van der Waals surface area (Å²) in [5, 5.41) is 0. The SMILES string of the molecule is CCC1=C(CC)N(C(C)=O)CC1. The van der Waals surface area contributed by atoms with Crippen molar-refractivity contribution in [3.8, 4) is 0 Å². The molecule has 1 amide bonds. The molecule has 0 atom stereocenters. The van der Waals surface area contributed by atoms with Crippen LogP contribution in [0.25, 0.3) is 0 Å². The van der Waals surface area contributed by atoms with Crippen molar-refractivity contribution >= 4 is 5.91 Å². The van der Waals surface area contributed by atoms with Crippen molar-refractivity contribution in [1.29, 1.82) is 0 Å². The summed E-state index contributed by atoms with van der Waals surface area (Å²) in [4.78, 5) is 13.1. The molecule has 1 aliphatic rings. The van der Waals surface area contributed by atoms with E-state index in [4.69, 9.17) is 0 Å². The van der Waals surface area contributed by atoms with Gasteiger partial charge in [0.25, 0.3) is 0 Å². The average molecular weight is 167 g/mol. The van der Waals surface area contributed by atoms with Crippen LogP contribution in [0, 0.1) is 0 Å². The summed E-state index contributed by atoms with van der Waals surface area (Å²) < 4.78 is 0. The van der Waals surface area contributed by atoms with Crippen LogP contribution in [0.3, 0.4) is 0 Å². The lowest BCUT2D eigenvalue weighted by atomic mass is 10.1. The lowest BCUT2D eigenvalue weighted by Crippen LogP contribution is -2.24. The van der Waals surface area contributed by atoms with Crippen LogP contribution >= 0.6 is 0 Å². The number of nitrogens with zero attached hydrogens (tertiary/aromatic N) is 1. The van der Waals surface area contributed by atoms with Crippen molar-refractivity contribution in [3.05, 3.63) is 11.3 Å². The highest BCUT2D eigenvalue weighted by Gasteiger charge is 2.22. The molecular formula is C10H17NO. The number of carbonyl (C=O) groups excluding carboxylic acids is 1. The van der Waals surface area contributed by atoms with Crippen LogP contribution < -0.4 is 0 Å². The fourth-order valence-electron chi connectivity index (χ4n) is 1.89. The highest BCUT2D eigenvalue weighted by atomic mass is 16.2. The quantitative estimate of drug-likeness (QED) is 0.618. The van der Waals surface area contributed by atoms with Gasteiger partial charge in [-0.3, -0.25) is 4.79 Å². The molecule has 0 aromatic rings. The Bertz CT molecular complexity index is 218. The molecule has 0 saturated heterocycles. The van der Waals surface area contributed by atoms with E-state index in [9.17, 15) is 4.79 Å². The van der Waals surface area contributed by atoms with Gasteiger partial charge in [0, 0.05) is 19.2 Å². The molecule has 1 aliphatic heterocycles. The third kappa shape index (κ3) is 1.52. The number of carbonyl (C=O) groups is 1. The highest BCUT2D eigenvalue weighted by molar-refractivity contribution is 5.76. The third-order valence-electron chi connectivity index (χ3n) is 2.51. The van der Waals surface area contributed by atoms with Gasteiger partial charge in [-0.1, -0.05) is 13.8 Å². The summed E-state index contributed by atoms with van der Waals surface area (Å²) in [6, 6.07) is 0. The molecule has 68 valence electrons. The fraction of sp³-hybridized carbons (Fsp3) is 0.700. The Morgan fingerprint density at radius 3 is 2.50 bits per heavy atom. The molecule has 0 saturated carbocycles. The number of hydrogen-bond donors (Lipinski definition) is 0. The lowest BCUT2D eigenvalue weighted by molar-refractivity contribution is -0.126. The Morgan fingerprint density at radius 2 is 2.08 bits per heavy atom. The van der Waals surface area contributed by atoms with E-state index in [1.54, 1.807) is 6.92 Å². The summed E-state index contributed by atoms with van der Waals surface area (Å²) in [5.74, 6) is 0.190. The average Bonchev–Trinajstić information content (AvgIpc) is 2.46. The zero-order valence-corrected chi connectivity index (χ0v) is 8.18. The van der Waals surface area contributed by atoms with Gasteiger partial charge in [0.1, 0.15) is 0 Å². The molecule has 0 aromatic heterocycles. The Morgan fingerprint density at radius 1 is 1.42 bits per heavy atom. The molecular weight excluding hydrogens is 150 g/mol. The predicted octanol–water partition coefficient (Wildman–Crippen LogP) is 2.31. The smallest absolute Gasteiger partial charge is 0.223 e. The molecule has 2 nitrogen and oxygen atoms in total. The maximum Gasteiger partial charge on any atom is 0.223 e. The summed E-state index contributed by atoms with van der Waals surface area (Å²) in [5.41, 5.74) is 2.73. The van der Waals surface area contributed by atoms with Crippen molar-refractivity contribution < 1.29 is 4.79 Å². The van der Waals surface area contributed by atoms with Gasteiger partial charge in [-0.05, 0) is 24.8 Å². The first-order valence-electron chi connectivity index (χ1n) is 4.69. The first-order chi connectivity index (χ1) is 5.70. The number of allylic oxidation sites excluding steroid dienone is 1. The Labute approximate surface area is 74.2 Å². The van der Waals surface area contributed by atoms with E-state index < -0.39 is 0 Å². The van der Waals surface area contributed by atoms with Gasteiger partial charge in [0.2, 0.25) is 5.91 Å². The molecule has 0 aromatic carbocycles. The standard InChI is InChI=1S/C10H17NO/c1-4-9-6-7-11(8(3)12)10(9)5-2/h4-7H2,1-3H3. The van der Waals surface area contributed by atoms with Crippen LogP contribution in [-0.2, 0) is 4.79 Å². The van der Waals surface area contributed by atoms with E-state index in [2.05, 4.69) is 13.8 Å². The number of rotatable bonds is 2. The van der Waals surface area contributed by atoms with Crippen LogP contribution in [0.2, 0.25) is 0 Å². The normalized spacial score (nSPS) is 17.4. The second kappa shape index (κ2) is 3.74. The van der Waals surface area contributed by atoms with E-state index in [-0.39, 0.29) is 5.91 Å². The van der Waals surface area contributed by atoms with Gasteiger partial charge in [-0.15, -0.1) is 0 Å². The van der Waals surface area contributed by atoms with E-state index in [1.165, 1.54) is 11.3 Å². The van der Waals surface area contributed by atoms with E-state index in [1.807, 2.05) is 4.90 Å². The summed E-state index contributed by atoms with van der Waals surface area (Å²) in [6.07, 6.45) is 3.16. The minimum absolute atomic E-state index is 0.190. The van der Waals surface area contributed by atoms with Gasteiger partial charge < -0.3 is 4.90 Å². The second-order valence-electron chi connectivity index (χ2n) is 3.18. The van der Waals surface area contributed by atoms with Gasteiger partial charge in [0.05, 0.1) is 0 Å². The molecule has 0 radical (unpaired) electrons. The number of amides is 1. The minimum atomic E-state index is 0.190. The van der Waals surface area contributed by atoms with Crippen LogP contribution in [0.4, 0.5) is 0 Å². The second-order valence-corrected chi connectivity index (χ2v) is 3.18. The van der Waals surface area contributed by atoms with Crippen molar-refractivity contribution in [3.63, 3.8) is 0 Å². The Hall–Kier alpha value is -0.790. The molecule has 2 heteroatoms. The van der Waals surface area contributed by atoms with Crippen LogP contribution in [0.5, 0.6) is 0 Å². The van der Waals surface area contributed by atoms with Crippen LogP contribution in [-0.4, -0.2) is 17.4 Å². The molecule has 1 rings (SSSR count). The van der Waals surface area contributed by atoms with E-state index in [0.717, 1.165) is 25.8 Å². The zero-order chi connectivity index (χ0) is 9.14. The summed E-state index contributed by atoms with van der Waals surface area (Å²) in [6.45, 7) is 6.83. The molecule has 0 unspecified atom stereocenters. The van der Waals surface area contributed by atoms with Crippen LogP contribution in [0.1, 0.15) is 40.0 Å². The van der Waals surface area contributed by atoms with E-state index >= 15 is 0 Å². The molecule has 0 spiro atoms. The fourth-order valence-corrected chi connectivity index (χ4v) is 1.89. The molecule has 0 fully saturated rings. The molecule has 0 aliphatic carbocycles. The molecule has 0 bridgehead atoms. The maximum absolute atomic E-state index is 11.2. The first-order valence-corrected chi connectivity index (χ1v) is 4.69. The first kappa shape index (κ1) is 9.30. The Balaban J connectivity index is 2.83. The number of hydrogen-bond acceptors (Lipinski definition) is 1. The monoisotopic (exact) mass is 167 g/mol. The van der Waals surface area contributed by atoms with Gasteiger partial charge in [-0.25, -0.2) is 0 Å². The Kier molecular flexibility index (Phi) is 2.90. The zero-order valence-electron chi connectivity index (χ0n) is 8.18. The van der Waals surface area contributed by atoms with Gasteiger partial charge in [0.15, 0.2) is 0 Å². The predicted molar refractivity (Wildman–Crippen MR) is 49.6 cm³/mol. The molecule has 1 heterocycles. The van der Waals surface area contributed by atoms with Crippen molar-refractivity contribution in [2.45, 2.75) is 40.0 Å². The van der Waals surface area contributed by atoms with Crippen molar-refractivity contribution in [2.75, 3.05) is 6.54 Å². The van der Waals surface area contributed by atoms with E-state index in [0.29, 0.717) is 0 Å². The maximum atomic E-state index is 11.2. The largest absolute Gasteiger partial charge is 0.316 e. The minimum Gasteiger partial charge on any atom is -0.316 e.